The molecule has 4 heteroatoms. The molecule has 0 aromatic heterocycles. The van der Waals surface area contributed by atoms with Gasteiger partial charge in [0.1, 0.15) is 0 Å². The molecule has 15 heavy (non-hydrogen) atoms. The third kappa shape index (κ3) is 5.09. The Labute approximate surface area is 99.4 Å². The van der Waals surface area contributed by atoms with E-state index in [1.165, 1.54) is 10.5 Å². The summed E-state index contributed by atoms with van der Waals surface area (Å²) in [4.78, 5) is 11.7. The van der Waals surface area contributed by atoms with Crippen LogP contribution in [0.1, 0.15) is 12.5 Å². The number of carbonyl (C=O) groups is 1. The molecule has 0 atom stereocenters. The van der Waals surface area contributed by atoms with E-state index in [9.17, 15) is 4.79 Å². The van der Waals surface area contributed by atoms with Crippen LogP contribution in [-0.2, 0) is 6.42 Å². The Morgan fingerprint density at radius 1 is 1.40 bits per heavy atom. The zero-order valence-corrected chi connectivity index (χ0v) is 10.2. The Kier molecular flexibility index (Phi) is 5.58. The van der Waals surface area contributed by atoms with Crippen LogP contribution < -0.4 is 5.32 Å². The Bertz CT molecular complexity index is 313. The molecule has 0 saturated heterocycles. The summed E-state index contributed by atoms with van der Waals surface area (Å²) >= 11 is 6.98. The van der Waals surface area contributed by atoms with E-state index in [1.807, 2.05) is 11.8 Å². The standard InChI is InChI=1S/C11H14ClNOS/c1-2-15-10-5-3-9(4-6-10)7-8-13-11(12)14/h3-6H,2,7-8H2,1H3,(H,13,14). The van der Waals surface area contributed by atoms with E-state index in [1.54, 1.807) is 0 Å². The smallest absolute Gasteiger partial charge is 0.313 e. The summed E-state index contributed by atoms with van der Waals surface area (Å²) in [6, 6.07) is 8.37. The van der Waals surface area contributed by atoms with Crippen molar-refractivity contribution in [2.24, 2.45) is 0 Å². The summed E-state index contributed by atoms with van der Waals surface area (Å²) in [7, 11) is 0. The van der Waals surface area contributed by atoms with Crippen molar-refractivity contribution < 1.29 is 4.79 Å². The van der Waals surface area contributed by atoms with Crippen molar-refractivity contribution in [3.63, 3.8) is 0 Å². The molecule has 0 unspecified atom stereocenters. The van der Waals surface area contributed by atoms with Crippen LogP contribution in [0.4, 0.5) is 4.79 Å². The van der Waals surface area contributed by atoms with Crippen molar-refractivity contribution in [2.45, 2.75) is 18.2 Å². The highest BCUT2D eigenvalue weighted by Crippen LogP contribution is 2.17. The normalized spacial score (nSPS) is 10.0. The largest absolute Gasteiger partial charge is 0.342 e. The van der Waals surface area contributed by atoms with Crippen molar-refractivity contribution >= 4 is 28.7 Å². The monoisotopic (exact) mass is 243 g/mol. The molecule has 1 aromatic rings. The number of thioether (sulfide) groups is 1. The van der Waals surface area contributed by atoms with E-state index in [2.05, 4.69) is 36.5 Å². The van der Waals surface area contributed by atoms with Gasteiger partial charge >= 0.3 is 5.37 Å². The predicted molar refractivity (Wildman–Crippen MR) is 65.8 cm³/mol. The van der Waals surface area contributed by atoms with E-state index in [0.717, 1.165) is 12.2 Å². The lowest BCUT2D eigenvalue weighted by Crippen LogP contribution is -2.19. The van der Waals surface area contributed by atoms with Gasteiger partial charge in [0, 0.05) is 11.4 Å². The van der Waals surface area contributed by atoms with Gasteiger partial charge in [-0.15, -0.1) is 11.8 Å². The number of amides is 1. The van der Waals surface area contributed by atoms with E-state index in [-0.39, 0.29) is 0 Å². The Hall–Kier alpha value is -0.670. The van der Waals surface area contributed by atoms with Gasteiger partial charge in [-0.25, -0.2) is 0 Å². The van der Waals surface area contributed by atoms with Crippen molar-refractivity contribution in [1.29, 1.82) is 0 Å². The van der Waals surface area contributed by atoms with Crippen molar-refractivity contribution in [3.8, 4) is 0 Å². The average molecular weight is 244 g/mol. The summed E-state index contributed by atoms with van der Waals surface area (Å²) in [5.74, 6) is 1.08. The number of halogens is 1. The van der Waals surface area contributed by atoms with Crippen LogP contribution in [0.2, 0.25) is 0 Å². The third-order valence-electron chi connectivity index (χ3n) is 1.91. The van der Waals surface area contributed by atoms with Gasteiger partial charge in [0.05, 0.1) is 0 Å². The zero-order chi connectivity index (χ0) is 11.1. The van der Waals surface area contributed by atoms with Crippen LogP contribution in [-0.4, -0.2) is 17.7 Å². The van der Waals surface area contributed by atoms with Gasteiger partial charge in [0.2, 0.25) is 0 Å². The van der Waals surface area contributed by atoms with E-state index < -0.39 is 5.37 Å². The molecule has 0 aliphatic carbocycles. The van der Waals surface area contributed by atoms with Gasteiger partial charge < -0.3 is 5.32 Å². The molecule has 1 rings (SSSR count). The molecule has 82 valence electrons. The fraction of sp³-hybridized carbons (Fsp3) is 0.364. The SMILES string of the molecule is CCSc1ccc(CCNC(=O)Cl)cc1. The molecule has 1 N–H and O–H groups in total. The van der Waals surface area contributed by atoms with Crippen molar-refractivity contribution in [1.82, 2.24) is 5.32 Å². The molecule has 0 saturated carbocycles. The predicted octanol–water partition coefficient (Wildman–Crippen LogP) is 3.29. The highest BCUT2D eigenvalue weighted by molar-refractivity contribution is 7.99. The summed E-state index contributed by atoms with van der Waals surface area (Å²) in [6.07, 6.45) is 0.815. The first kappa shape index (κ1) is 12.4. The molecule has 0 spiro atoms. The number of carbonyl (C=O) groups excluding carboxylic acids is 1. The van der Waals surface area contributed by atoms with E-state index in [4.69, 9.17) is 11.6 Å². The van der Waals surface area contributed by atoms with Gasteiger partial charge in [-0.3, -0.25) is 4.79 Å². The number of benzene rings is 1. The number of rotatable bonds is 5. The lowest BCUT2D eigenvalue weighted by Gasteiger charge is -2.03. The van der Waals surface area contributed by atoms with Gasteiger partial charge in [0.25, 0.3) is 0 Å². The van der Waals surface area contributed by atoms with E-state index in [0.29, 0.717) is 6.54 Å². The minimum atomic E-state index is -0.492. The first-order chi connectivity index (χ1) is 7.22. The van der Waals surface area contributed by atoms with E-state index >= 15 is 0 Å². The lowest BCUT2D eigenvalue weighted by molar-refractivity contribution is 0.260. The second kappa shape index (κ2) is 6.75. The second-order valence-electron chi connectivity index (χ2n) is 3.03. The minimum absolute atomic E-state index is 0.492. The van der Waals surface area contributed by atoms with Gasteiger partial charge in [-0.05, 0) is 41.5 Å². The van der Waals surface area contributed by atoms with Crippen LogP contribution in [0, 0.1) is 0 Å². The molecule has 0 aliphatic heterocycles. The van der Waals surface area contributed by atoms with Gasteiger partial charge in [0.15, 0.2) is 0 Å². The van der Waals surface area contributed by atoms with Crippen molar-refractivity contribution in [2.75, 3.05) is 12.3 Å². The maximum Gasteiger partial charge on any atom is 0.313 e. The first-order valence-electron chi connectivity index (χ1n) is 4.87. The molecule has 1 aromatic carbocycles. The average Bonchev–Trinajstić information content (AvgIpc) is 2.20. The quantitative estimate of drug-likeness (QED) is 0.489. The van der Waals surface area contributed by atoms with Gasteiger partial charge in [-0.1, -0.05) is 19.1 Å². The van der Waals surface area contributed by atoms with Crippen LogP contribution in [0.3, 0.4) is 0 Å². The van der Waals surface area contributed by atoms with Crippen LogP contribution in [0.15, 0.2) is 29.2 Å². The number of hydrogen-bond acceptors (Lipinski definition) is 2. The zero-order valence-electron chi connectivity index (χ0n) is 8.63. The Morgan fingerprint density at radius 2 is 2.07 bits per heavy atom. The molecule has 0 aliphatic rings. The number of hydrogen-bond donors (Lipinski definition) is 1. The third-order valence-corrected chi connectivity index (χ3v) is 2.94. The van der Waals surface area contributed by atoms with Gasteiger partial charge in [-0.2, -0.15) is 0 Å². The second-order valence-corrected chi connectivity index (χ2v) is 4.71. The molecule has 0 fully saturated rings. The Balaban J connectivity index is 2.39. The summed E-state index contributed by atoms with van der Waals surface area (Å²) in [6.45, 7) is 2.72. The maximum atomic E-state index is 10.4. The Morgan fingerprint density at radius 3 is 2.60 bits per heavy atom. The maximum absolute atomic E-state index is 10.4. The molecular weight excluding hydrogens is 230 g/mol. The lowest BCUT2D eigenvalue weighted by atomic mass is 10.1. The van der Waals surface area contributed by atoms with Crippen molar-refractivity contribution in [3.05, 3.63) is 29.8 Å². The van der Waals surface area contributed by atoms with Crippen LogP contribution >= 0.6 is 23.4 Å². The fourth-order valence-corrected chi connectivity index (χ4v) is 1.98. The molecule has 0 radical (unpaired) electrons. The minimum Gasteiger partial charge on any atom is -0.342 e. The molecule has 1 amide bonds. The topological polar surface area (TPSA) is 29.1 Å². The fourth-order valence-electron chi connectivity index (χ4n) is 1.22. The summed E-state index contributed by atoms with van der Waals surface area (Å²) < 4.78 is 0. The molecule has 0 heterocycles. The number of nitrogens with one attached hydrogen (secondary N) is 1. The highest BCUT2D eigenvalue weighted by Gasteiger charge is 1.96. The van der Waals surface area contributed by atoms with Crippen LogP contribution in [0.5, 0.6) is 0 Å². The highest BCUT2D eigenvalue weighted by atomic mass is 35.5. The molecule has 0 bridgehead atoms. The van der Waals surface area contributed by atoms with Crippen LogP contribution in [0.25, 0.3) is 0 Å². The summed E-state index contributed by atoms with van der Waals surface area (Å²) in [5.41, 5.74) is 1.21. The molecular formula is C11H14ClNOS. The summed E-state index contributed by atoms with van der Waals surface area (Å²) in [5, 5.41) is 2.06. The first-order valence-corrected chi connectivity index (χ1v) is 6.24. The molecule has 2 nitrogen and oxygen atoms in total.